The van der Waals surface area contributed by atoms with Gasteiger partial charge in [0.1, 0.15) is 0 Å². The van der Waals surface area contributed by atoms with Crippen LogP contribution >= 0.6 is 0 Å². The lowest BCUT2D eigenvalue weighted by molar-refractivity contribution is 0.0595. The number of aromatic amines is 1. The zero-order valence-corrected chi connectivity index (χ0v) is 11.2. The van der Waals surface area contributed by atoms with Crippen LogP contribution in [0.25, 0.3) is 10.9 Å². The smallest absolute Gasteiger partial charge is 0.258 e. The topological polar surface area (TPSA) is 93.0 Å². The number of aromatic nitrogens is 2. The van der Waals surface area contributed by atoms with E-state index in [-0.39, 0.29) is 5.56 Å². The molecule has 106 valence electrons. The number of rotatable bonds is 3. The first-order chi connectivity index (χ1) is 9.74. The largest absolute Gasteiger partial charge is 0.397 e. The molecule has 6 heteroatoms. The van der Waals surface area contributed by atoms with Crippen molar-refractivity contribution < 1.29 is 4.74 Å². The van der Waals surface area contributed by atoms with Gasteiger partial charge in [-0.15, -0.1) is 0 Å². The Hall–Kier alpha value is -2.08. The normalized spacial score (nSPS) is 19.1. The molecule has 0 saturated carbocycles. The van der Waals surface area contributed by atoms with Gasteiger partial charge >= 0.3 is 0 Å². The van der Waals surface area contributed by atoms with Crippen molar-refractivity contribution in [1.29, 1.82) is 0 Å². The summed E-state index contributed by atoms with van der Waals surface area (Å²) < 4.78 is 5.46. The van der Waals surface area contributed by atoms with Gasteiger partial charge in [0, 0.05) is 13.2 Å². The molecule has 1 aliphatic heterocycles. The number of nitrogen functional groups attached to an aromatic ring is 1. The molecule has 1 saturated heterocycles. The van der Waals surface area contributed by atoms with Gasteiger partial charge in [0.25, 0.3) is 5.56 Å². The second-order valence-corrected chi connectivity index (χ2v) is 5.15. The van der Waals surface area contributed by atoms with Gasteiger partial charge in [-0.2, -0.15) is 0 Å². The Bertz CT molecular complexity index is 662. The number of hydrogen-bond acceptors (Lipinski definition) is 5. The summed E-state index contributed by atoms with van der Waals surface area (Å²) >= 11 is 0. The summed E-state index contributed by atoms with van der Waals surface area (Å²) in [6, 6.07) is 3.49. The molecule has 0 bridgehead atoms. The number of nitrogens with zero attached hydrogens (tertiary/aromatic N) is 1. The van der Waals surface area contributed by atoms with Crippen LogP contribution in [0.15, 0.2) is 23.3 Å². The Morgan fingerprint density at radius 2 is 2.40 bits per heavy atom. The monoisotopic (exact) mass is 274 g/mol. The van der Waals surface area contributed by atoms with Crippen LogP contribution in [0.3, 0.4) is 0 Å². The van der Waals surface area contributed by atoms with Crippen molar-refractivity contribution in [2.75, 3.05) is 30.8 Å². The summed E-state index contributed by atoms with van der Waals surface area (Å²) in [6.45, 7) is 2.47. The highest BCUT2D eigenvalue weighted by Crippen LogP contribution is 2.24. The summed E-state index contributed by atoms with van der Waals surface area (Å²) in [7, 11) is 0. The minimum atomic E-state index is -0.172. The molecule has 1 aliphatic rings. The number of nitrogens with two attached hydrogens (primary N) is 1. The van der Waals surface area contributed by atoms with Crippen LogP contribution in [0.4, 0.5) is 11.4 Å². The lowest BCUT2D eigenvalue weighted by Gasteiger charge is -2.23. The van der Waals surface area contributed by atoms with E-state index >= 15 is 0 Å². The van der Waals surface area contributed by atoms with Crippen LogP contribution < -0.4 is 16.6 Å². The first kappa shape index (κ1) is 12.9. The van der Waals surface area contributed by atoms with E-state index in [1.165, 1.54) is 12.7 Å². The number of H-pyrrole nitrogens is 1. The molecule has 1 atom stereocenters. The third-order valence-electron chi connectivity index (χ3n) is 3.65. The van der Waals surface area contributed by atoms with Crippen molar-refractivity contribution in [3.63, 3.8) is 0 Å². The van der Waals surface area contributed by atoms with Crippen LogP contribution in [0.2, 0.25) is 0 Å². The lowest BCUT2D eigenvalue weighted by atomic mass is 10.0. The average molecular weight is 274 g/mol. The predicted molar refractivity (Wildman–Crippen MR) is 78.8 cm³/mol. The van der Waals surface area contributed by atoms with Crippen LogP contribution in [-0.4, -0.2) is 29.7 Å². The third kappa shape index (κ3) is 2.60. The highest BCUT2D eigenvalue weighted by atomic mass is 16.5. The maximum Gasteiger partial charge on any atom is 0.258 e. The quantitative estimate of drug-likeness (QED) is 0.734. The summed E-state index contributed by atoms with van der Waals surface area (Å²) in [5.41, 5.74) is 7.85. The molecule has 1 aromatic carbocycles. The zero-order valence-electron chi connectivity index (χ0n) is 11.2. The number of anilines is 2. The van der Waals surface area contributed by atoms with Gasteiger partial charge in [-0.05, 0) is 30.9 Å². The van der Waals surface area contributed by atoms with E-state index in [2.05, 4.69) is 15.3 Å². The molecule has 1 unspecified atom stereocenters. The molecule has 0 amide bonds. The van der Waals surface area contributed by atoms with E-state index in [1.54, 1.807) is 6.07 Å². The van der Waals surface area contributed by atoms with Crippen LogP contribution in [0.5, 0.6) is 0 Å². The average Bonchev–Trinajstić information content (AvgIpc) is 2.47. The first-order valence-electron chi connectivity index (χ1n) is 6.82. The highest BCUT2D eigenvalue weighted by Gasteiger charge is 2.14. The molecule has 2 aromatic rings. The van der Waals surface area contributed by atoms with Gasteiger partial charge in [-0.25, -0.2) is 4.98 Å². The van der Waals surface area contributed by atoms with Crippen molar-refractivity contribution in [2.24, 2.45) is 5.92 Å². The first-order valence-corrected chi connectivity index (χ1v) is 6.82. The Labute approximate surface area is 116 Å². The van der Waals surface area contributed by atoms with Gasteiger partial charge in [0.2, 0.25) is 0 Å². The second-order valence-electron chi connectivity index (χ2n) is 5.15. The van der Waals surface area contributed by atoms with Crippen molar-refractivity contribution in [2.45, 2.75) is 12.8 Å². The van der Waals surface area contributed by atoms with Crippen molar-refractivity contribution in [1.82, 2.24) is 9.97 Å². The van der Waals surface area contributed by atoms with E-state index in [4.69, 9.17) is 10.5 Å². The second kappa shape index (κ2) is 5.50. The summed E-state index contributed by atoms with van der Waals surface area (Å²) in [5.74, 6) is 0.506. The van der Waals surface area contributed by atoms with Crippen LogP contribution in [0.1, 0.15) is 12.8 Å². The lowest BCUT2D eigenvalue weighted by Crippen LogP contribution is -2.24. The number of hydrogen-bond donors (Lipinski definition) is 3. The highest BCUT2D eigenvalue weighted by molar-refractivity contribution is 5.88. The molecule has 1 aromatic heterocycles. The summed E-state index contributed by atoms with van der Waals surface area (Å²) in [4.78, 5) is 18.4. The fraction of sp³-hybridized carbons (Fsp3) is 0.429. The van der Waals surface area contributed by atoms with E-state index < -0.39 is 0 Å². The van der Waals surface area contributed by atoms with Crippen molar-refractivity contribution >= 4 is 22.3 Å². The molecule has 2 heterocycles. The van der Waals surface area contributed by atoms with Crippen molar-refractivity contribution in [3.05, 3.63) is 28.8 Å². The van der Waals surface area contributed by atoms with E-state index in [0.29, 0.717) is 22.5 Å². The van der Waals surface area contributed by atoms with Gasteiger partial charge in [-0.3, -0.25) is 4.79 Å². The Morgan fingerprint density at radius 1 is 1.50 bits per heavy atom. The number of fused-ring (bicyclic) bond motifs is 1. The SMILES string of the molecule is Nc1cc2c(=O)[nH]cnc2cc1NCC1CCCOC1. The van der Waals surface area contributed by atoms with Gasteiger partial charge in [0.15, 0.2) is 0 Å². The standard InChI is InChI=1S/C14H18N4O2/c15-11-4-10-12(17-8-18-14(10)19)5-13(11)16-6-9-2-1-3-20-7-9/h4-5,8-9,16H,1-3,6-7,15H2,(H,17,18,19). The Balaban J connectivity index is 1.80. The summed E-state index contributed by atoms with van der Waals surface area (Å²) in [6.07, 6.45) is 3.68. The molecule has 20 heavy (non-hydrogen) atoms. The maximum atomic E-state index is 11.7. The molecular weight excluding hydrogens is 256 g/mol. The predicted octanol–water partition coefficient (Wildman–Crippen LogP) is 1.34. The molecule has 0 spiro atoms. The van der Waals surface area contributed by atoms with E-state index in [1.807, 2.05) is 6.07 Å². The molecule has 0 aliphatic carbocycles. The zero-order chi connectivity index (χ0) is 13.9. The fourth-order valence-corrected chi connectivity index (χ4v) is 2.51. The molecule has 0 radical (unpaired) electrons. The third-order valence-corrected chi connectivity index (χ3v) is 3.65. The maximum absolute atomic E-state index is 11.7. The molecule has 4 N–H and O–H groups in total. The van der Waals surface area contributed by atoms with Gasteiger partial charge < -0.3 is 20.8 Å². The van der Waals surface area contributed by atoms with Crippen LogP contribution in [-0.2, 0) is 4.74 Å². The fourth-order valence-electron chi connectivity index (χ4n) is 2.51. The molecule has 3 rings (SSSR count). The minimum Gasteiger partial charge on any atom is -0.397 e. The Kier molecular flexibility index (Phi) is 3.56. The van der Waals surface area contributed by atoms with E-state index in [9.17, 15) is 4.79 Å². The van der Waals surface area contributed by atoms with Crippen LogP contribution in [0, 0.1) is 5.92 Å². The molecule has 6 nitrogen and oxygen atoms in total. The molecular formula is C14H18N4O2. The Morgan fingerprint density at radius 3 is 3.20 bits per heavy atom. The van der Waals surface area contributed by atoms with Gasteiger partial charge in [-0.1, -0.05) is 0 Å². The molecule has 1 fully saturated rings. The van der Waals surface area contributed by atoms with Crippen molar-refractivity contribution in [3.8, 4) is 0 Å². The van der Waals surface area contributed by atoms with E-state index in [0.717, 1.165) is 31.9 Å². The number of ether oxygens (including phenoxy) is 1. The minimum absolute atomic E-state index is 0.172. The summed E-state index contributed by atoms with van der Waals surface area (Å²) in [5, 5.41) is 3.85. The van der Waals surface area contributed by atoms with Gasteiger partial charge in [0.05, 0.1) is 35.2 Å². The number of nitrogens with one attached hydrogen (secondary N) is 2. The number of benzene rings is 1.